The Hall–Kier alpha value is -1.09. The monoisotopic (exact) mass is 220 g/mol. The molecular weight excluding hydrogens is 200 g/mol. The molecule has 3 nitrogen and oxygen atoms in total. The van der Waals surface area contributed by atoms with Crippen molar-refractivity contribution in [3.05, 3.63) is 34.2 Å². The smallest absolute Gasteiger partial charge is 0.255 e. The van der Waals surface area contributed by atoms with E-state index < -0.39 is 0 Å². The van der Waals surface area contributed by atoms with Crippen LogP contribution in [-0.2, 0) is 13.1 Å². The van der Waals surface area contributed by atoms with Crippen molar-refractivity contribution < 1.29 is 0 Å². The van der Waals surface area contributed by atoms with Crippen LogP contribution in [-0.4, -0.2) is 10.6 Å². The molecule has 1 saturated carbocycles. The highest BCUT2D eigenvalue weighted by Crippen LogP contribution is 2.18. The van der Waals surface area contributed by atoms with Crippen molar-refractivity contribution in [2.75, 3.05) is 0 Å². The van der Waals surface area contributed by atoms with E-state index in [1.165, 1.54) is 12.8 Å². The number of nitrogens with one attached hydrogen (secondary N) is 1. The molecule has 1 N–H and O–H groups in total. The molecule has 1 aliphatic carbocycles. The fourth-order valence-corrected chi connectivity index (χ4v) is 1.80. The summed E-state index contributed by atoms with van der Waals surface area (Å²) in [6.07, 6.45) is 4.39. The number of hydrogen-bond donors (Lipinski definition) is 1. The zero-order chi connectivity index (χ0) is 11.5. The van der Waals surface area contributed by atoms with E-state index in [1.807, 2.05) is 22.9 Å². The standard InChI is InChI=1S/C13H20N2O/c1-10(2)9-15-7-3-4-11(13(15)16)8-14-12-5-6-12/h3-4,7,10,12,14H,5-6,8-9H2,1-2H3. The van der Waals surface area contributed by atoms with Crippen molar-refractivity contribution in [2.24, 2.45) is 5.92 Å². The Morgan fingerprint density at radius 3 is 2.88 bits per heavy atom. The van der Waals surface area contributed by atoms with Crippen LogP contribution in [0.3, 0.4) is 0 Å². The molecule has 1 aromatic rings. The minimum absolute atomic E-state index is 0.157. The molecule has 1 aliphatic rings. The fourth-order valence-electron chi connectivity index (χ4n) is 1.80. The molecule has 0 aliphatic heterocycles. The summed E-state index contributed by atoms with van der Waals surface area (Å²) >= 11 is 0. The average molecular weight is 220 g/mol. The number of nitrogens with zero attached hydrogens (tertiary/aromatic N) is 1. The van der Waals surface area contributed by atoms with Gasteiger partial charge in [-0.25, -0.2) is 0 Å². The Bertz CT molecular complexity index is 405. The van der Waals surface area contributed by atoms with Gasteiger partial charge >= 0.3 is 0 Å². The van der Waals surface area contributed by atoms with Gasteiger partial charge in [0.1, 0.15) is 0 Å². The van der Waals surface area contributed by atoms with Gasteiger partial charge in [0.15, 0.2) is 0 Å². The summed E-state index contributed by atoms with van der Waals surface area (Å²) in [5, 5.41) is 3.38. The quantitative estimate of drug-likeness (QED) is 0.820. The molecule has 1 aromatic heterocycles. The summed E-state index contributed by atoms with van der Waals surface area (Å²) in [4.78, 5) is 12.1. The van der Waals surface area contributed by atoms with E-state index >= 15 is 0 Å². The van der Waals surface area contributed by atoms with Gasteiger partial charge in [0.05, 0.1) is 0 Å². The van der Waals surface area contributed by atoms with Gasteiger partial charge in [0.2, 0.25) is 0 Å². The van der Waals surface area contributed by atoms with Gasteiger partial charge in [-0.15, -0.1) is 0 Å². The average Bonchev–Trinajstić information content (AvgIpc) is 3.02. The topological polar surface area (TPSA) is 34.0 Å². The molecule has 3 heteroatoms. The SMILES string of the molecule is CC(C)Cn1cccc(CNC2CC2)c1=O. The predicted octanol–water partition coefficient (Wildman–Crippen LogP) is 1.76. The maximum Gasteiger partial charge on any atom is 0.255 e. The summed E-state index contributed by atoms with van der Waals surface area (Å²) in [6, 6.07) is 4.54. The van der Waals surface area contributed by atoms with Gasteiger partial charge < -0.3 is 9.88 Å². The molecule has 0 atom stereocenters. The first-order valence-corrected chi connectivity index (χ1v) is 6.08. The molecular formula is C13H20N2O. The molecule has 0 aromatic carbocycles. The lowest BCUT2D eigenvalue weighted by Gasteiger charge is -2.10. The summed E-state index contributed by atoms with van der Waals surface area (Å²) in [6.45, 7) is 5.77. The number of rotatable bonds is 5. The first kappa shape index (κ1) is 11.4. The van der Waals surface area contributed by atoms with Crippen molar-refractivity contribution in [3.8, 4) is 0 Å². The minimum atomic E-state index is 0.157. The molecule has 1 heterocycles. The highest BCUT2D eigenvalue weighted by atomic mass is 16.1. The van der Waals surface area contributed by atoms with Gasteiger partial charge in [-0.2, -0.15) is 0 Å². The van der Waals surface area contributed by atoms with E-state index in [4.69, 9.17) is 0 Å². The number of hydrogen-bond acceptors (Lipinski definition) is 2. The molecule has 0 unspecified atom stereocenters. The Kier molecular flexibility index (Phi) is 3.44. The van der Waals surface area contributed by atoms with Crippen LogP contribution in [0.2, 0.25) is 0 Å². The molecule has 0 radical (unpaired) electrons. The lowest BCUT2D eigenvalue weighted by Crippen LogP contribution is -2.28. The lowest BCUT2D eigenvalue weighted by molar-refractivity contribution is 0.506. The van der Waals surface area contributed by atoms with Crippen LogP contribution in [0.25, 0.3) is 0 Å². The second-order valence-corrected chi connectivity index (χ2v) is 5.04. The fraction of sp³-hybridized carbons (Fsp3) is 0.615. The van der Waals surface area contributed by atoms with Crippen LogP contribution in [0.1, 0.15) is 32.3 Å². The molecule has 2 rings (SSSR count). The molecule has 0 spiro atoms. The second-order valence-electron chi connectivity index (χ2n) is 5.04. The molecule has 0 amide bonds. The van der Waals surface area contributed by atoms with Gasteiger partial charge in [-0.3, -0.25) is 4.79 Å². The van der Waals surface area contributed by atoms with E-state index in [9.17, 15) is 4.79 Å². The van der Waals surface area contributed by atoms with Crippen LogP contribution in [0, 0.1) is 5.92 Å². The van der Waals surface area contributed by atoms with Crippen LogP contribution in [0.15, 0.2) is 23.1 Å². The highest BCUT2D eigenvalue weighted by Gasteiger charge is 2.20. The van der Waals surface area contributed by atoms with E-state index in [1.54, 1.807) is 0 Å². The first-order valence-electron chi connectivity index (χ1n) is 6.08. The van der Waals surface area contributed by atoms with Crippen molar-refractivity contribution in [2.45, 2.75) is 45.8 Å². The van der Waals surface area contributed by atoms with Crippen molar-refractivity contribution in [3.63, 3.8) is 0 Å². The molecule has 0 bridgehead atoms. The zero-order valence-electron chi connectivity index (χ0n) is 10.1. The van der Waals surface area contributed by atoms with Gasteiger partial charge in [-0.1, -0.05) is 19.9 Å². The van der Waals surface area contributed by atoms with Gasteiger partial charge in [0, 0.05) is 30.9 Å². The van der Waals surface area contributed by atoms with Crippen LogP contribution in [0.4, 0.5) is 0 Å². The normalized spacial score (nSPS) is 15.7. The van der Waals surface area contributed by atoms with E-state index in [2.05, 4.69) is 19.2 Å². The van der Waals surface area contributed by atoms with Crippen LogP contribution in [0.5, 0.6) is 0 Å². The van der Waals surface area contributed by atoms with E-state index in [-0.39, 0.29) is 5.56 Å². The predicted molar refractivity (Wildman–Crippen MR) is 65.4 cm³/mol. The second kappa shape index (κ2) is 4.83. The Balaban J connectivity index is 2.08. The molecule has 88 valence electrons. The van der Waals surface area contributed by atoms with Crippen LogP contribution < -0.4 is 10.9 Å². The molecule has 1 fully saturated rings. The van der Waals surface area contributed by atoms with Crippen molar-refractivity contribution in [1.29, 1.82) is 0 Å². The third kappa shape index (κ3) is 2.95. The molecule has 0 saturated heterocycles. The van der Waals surface area contributed by atoms with Gasteiger partial charge in [0.25, 0.3) is 5.56 Å². The van der Waals surface area contributed by atoms with Crippen LogP contribution >= 0.6 is 0 Å². The molecule has 16 heavy (non-hydrogen) atoms. The summed E-state index contributed by atoms with van der Waals surface area (Å²) in [5.41, 5.74) is 1.04. The Labute approximate surface area is 96.5 Å². The minimum Gasteiger partial charge on any atom is -0.315 e. The summed E-state index contributed by atoms with van der Waals surface area (Å²) < 4.78 is 1.81. The Morgan fingerprint density at radius 2 is 2.25 bits per heavy atom. The third-order valence-corrected chi connectivity index (χ3v) is 2.82. The van der Waals surface area contributed by atoms with Crippen molar-refractivity contribution in [1.82, 2.24) is 9.88 Å². The maximum atomic E-state index is 12.1. The van der Waals surface area contributed by atoms with Crippen molar-refractivity contribution >= 4 is 0 Å². The summed E-state index contributed by atoms with van der Waals surface area (Å²) in [7, 11) is 0. The van der Waals surface area contributed by atoms with E-state index in [0.717, 1.165) is 12.1 Å². The van der Waals surface area contributed by atoms with Gasteiger partial charge in [-0.05, 0) is 24.8 Å². The van der Waals surface area contributed by atoms with E-state index in [0.29, 0.717) is 18.5 Å². The lowest BCUT2D eigenvalue weighted by atomic mass is 10.2. The largest absolute Gasteiger partial charge is 0.315 e. The third-order valence-electron chi connectivity index (χ3n) is 2.82. The summed E-state index contributed by atoms with van der Waals surface area (Å²) in [5.74, 6) is 0.504. The number of aromatic nitrogens is 1. The first-order chi connectivity index (χ1) is 7.66. The maximum absolute atomic E-state index is 12.1. The Morgan fingerprint density at radius 1 is 1.50 bits per heavy atom. The zero-order valence-corrected chi connectivity index (χ0v) is 10.1. The highest BCUT2D eigenvalue weighted by molar-refractivity contribution is 5.10. The number of pyridine rings is 1.